The summed E-state index contributed by atoms with van der Waals surface area (Å²) in [4.78, 5) is 13.6. The molecule has 0 aliphatic rings. The van der Waals surface area contributed by atoms with Gasteiger partial charge in [-0.05, 0) is 54.5 Å². The summed E-state index contributed by atoms with van der Waals surface area (Å²) in [6.07, 6.45) is 3.09. The largest absolute Gasteiger partial charge is 0.444 e. The fourth-order valence-corrected chi connectivity index (χ4v) is 1.60. The molecule has 0 aromatic carbocycles. The van der Waals surface area contributed by atoms with E-state index in [4.69, 9.17) is 4.74 Å². The van der Waals surface area contributed by atoms with E-state index >= 15 is 0 Å². The Bertz CT molecular complexity index is 236. The maximum Gasteiger partial charge on any atom is 0.410 e. The molecule has 0 spiro atoms. The molecule has 0 unspecified atom stereocenters. The lowest BCUT2D eigenvalue weighted by molar-refractivity contribution is 0.0257. The van der Waals surface area contributed by atoms with Crippen molar-refractivity contribution in [3.8, 4) is 0 Å². The van der Waals surface area contributed by atoms with Crippen molar-refractivity contribution in [2.45, 2.75) is 65.5 Å². The number of hydrogen-bond acceptors (Lipinski definition) is 3. The minimum atomic E-state index is -0.412. The van der Waals surface area contributed by atoms with Gasteiger partial charge in [-0.15, -0.1) is 0 Å². The molecule has 0 fully saturated rings. The van der Waals surface area contributed by atoms with E-state index in [1.165, 1.54) is 0 Å². The topological polar surface area (TPSA) is 41.6 Å². The van der Waals surface area contributed by atoms with E-state index in [9.17, 15) is 4.79 Å². The Morgan fingerprint density at radius 2 is 1.94 bits per heavy atom. The van der Waals surface area contributed by atoms with Crippen LogP contribution in [0.5, 0.6) is 0 Å². The van der Waals surface area contributed by atoms with Gasteiger partial charge in [-0.1, -0.05) is 6.42 Å². The first-order chi connectivity index (χ1) is 8.30. The third-order valence-electron chi connectivity index (χ3n) is 2.84. The number of rotatable bonds is 7. The third-order valence-corrected chi connectivity index (χ3v) is 2.84. The van der Waals surface area contributed by atoms with Gasteiger partial charge in [-0.25, -0.2) is 4.79 Å². The average molecular weight is 258 g/mol. The van der Waals surface area contributed by atoms with Gasteiger partial charge in [-0.3, -0.25) is 0 Å². The van der Waals surface area contributed by atoms with Crippen molar-refractivity contribution < 1.29 is 9.53 Å². The van der Waals surface area contributed by atoms with Crippen molar-refractivity contribution in [1.82, 2.24) is 10.2 Å². The molecule has 4 nitrogen and oxygen atoms in total. The third kappa shape index (κ3) is 8.34. The summed E-state index contributed by atoms with van der Waals surface area (Å²) in [6, 6.07) is 0.543. The molecule has 0 rings (SSSR count). The van der Waals surface area contributed by atoms with Crippen LogP contribution in [-0.2, 0) is 4.74 Å². The van der Waals surface area contributed by atoms with Crippen LogP contribution in [0.1, 0.15) is 53.9 Å². The number of carbonyl (C=O) groups is 1. The van der Waals surface area contributed by atoms with Crippen molar-refractivity contribution in [2.24, 2.45) is 0 Å². The summed E-state index contributed by atoms with van der Waals surface area (Å²) in [5.41, 5.74) is -0.412. The Morgan fingerprint density at radius 3 is 2.39 bits per heavy atom. The predicted molar refractivity (Wildman–Crippen MR) is 75.9 cm³/mol. The summed E-state index contributed by atoms with van der Waals surface area (Å²) in [5, 5.41) is 3.22. The van der Waals surface area contributed by atoms with Crippen LogP contribution in [0.3, 0.4) is 0 Å². The molecule has 0 radical (unpaired) electrons. The van der Waals surface area contributed by atoms with Gasteiger partial charge in [-0.2, -0.15) is 0 Å². The van der Waals surface area contributed by atoms with Crippen LogP contribution in [0.2, 0.25) is 0 Å². The number of nitrogens with one attached hydrogen (secondary N) is 1. The molecule has 0 saturated heterocycles. The fraction of sp³-hybridized carbons (Fsp3) is 0.929. The van der Waals surface area contributed by atoms with Crippen LogP contribution in [0.25, 0.3) is 0 Å². The normalized spacial score (nSPS) is 13.2. The van der Waals surface area contributed by atoms with E-state index in [0.717, 1.165) is 25.8 Å². The molecular weight excluding hydrogens is 228 g/mol. The number of carbonyl (C=O) groups excluding carboxylic acids is 1. The van der Waals surface area contributed by atoms with Gasteiger partial charge in [0.2, 0.25) is 0 Å². The SMILES string of the molecule is CCN(CCCC[C@@H](C)NC)C(=O)OC(C)(C)C. The lowest BCUT2D eigenvalue weighted by Crippen LogP contribution is -2.37. The molecule has 0 aromatic rings. The van der Waals surface area contributed by atoms with E-state index in [-0.39, 0.29) is 6.09 Å². The maximum absolute atomic E-state index is 11.9. The van der Waals surface area contributed by atoms with Crippen LogP contribution in [-0.4, -0.2) is 42.8 Å². The first-order valence-corrected chi connectivity index (χ1v) is 6.95. The molecular formula is C14H30N2O2. The highest BCUT2D eigenvalue weighted by Gasteiger charge is 2.20. The smallest absolute Gasteiger partial charge is 0.410 e. The molecule has 0 saturated carbocycles. The molecule has 0 bridgehead atoms. The summed E-state index contributed by atoms with van der Waals surface area (Å²) < 4.78 is 5.36. The second-order valence-electron chi connectivity index (χ2n) is 5.75. The molecule has 108 valence electrons. The van der Waals surface area contributed by atoms with Crippen LogP contribution < -0.4 is 5.32 Å². The Morgan fingerprint density at radius 1 is 1.33 bits per heavy atom. The molecule has 0 aliphatic heterocycles. The molecule has 1 N–H and O–H groups in total. The van der Waals surface area contributed by atoms with Crippen molar-refractivity contribution in [1.29, 1.82) is 0 Å². The zero-order valence-electron chi connectivity index (χ0n) is 12.9. The zero-order chi connectivity index (χ0) is 14.2. The highest BCUT2D eigenvalue weighted by atomic mass is 16.6. The minimum Gasteiger partial charge on any atom is -0.444 e. The Balaban J connectivity index is 3.93. The second-order valence-corrected chi connectivity index (χ2v) is 5.75. The van der Waals surface area contributed by atoms with Gasteiger partial charge in [0, 0.05) is 19.1 Å². The van der Waals surface area contributed by atoms with Gasteiger partial charge in [0.25, 0.3) is 0 Å². The van der Waals surface area contributed by atoms with Crippen LogP contribution >= 0.6 is 0 Å². The summed E-state index contributed by atoms with van der Waals surface area (Å²) in [7, 11) is 1.98. The molecule has 1 atom stereocenters. The van der Waals surface area contributed by atoms with E-state index in [1.807, 2.05) is 34.7 Å². The quantitative estimate of drug-likeness (QED) is 0.714. The molecule has 0 aromatic heterocycles. The standard InChI is InChI=1S/C14H30N2O2/c1-7-16(13(17)18-14(3,4)5)11-9-8-10-12(2)15-6/h12,15H,7-11H2,1-6H3/t12-/m1/s1. The molecule has 4 heteroatoms. The van der Waals surface area contributed by atoms with Gasteiger partial charge < -0.3 is 15.0 Å². The number of amides is 1. The molecule has 18 heavy (non-hydrogen) atoms. The van der Waals surface area contributed by atoms with Crippen LogP contribution in [0.4, 0.5) is 4.79 Å². The van der Waals surface area contributed by atoms with E-state index in [1.54, 1.807) is 4.90 Å². The Labute approximate surface area is 112 Å². The van der Waals surface area contributed by atoms with E-state index < -0.39 is 5.60 Å². The highest BCUT2D eigenvalue weighted by molar-refractivity contribution is 5.68. The average Bonchev–Trinajstić information content (AvgIpc) is 2.26. The monoisotopic (exact) mass is 258 g/mol. The number of nitrogens with zero attached hydrogens (tertiary/aromatic N) is 1. The molecule has 0 heterocycles. The van der Waals surface area contributed by atoms with Gasteiger partial charge in [0.05, 0.1) is 0 Å². The van der Waals surface area contributed by atoms with Crippen LogP contribution in [0.15, 0.2) is 0 Å². The lowest BCUT2D eigenvalue weighted by Gasteiger charge is -2.26. The summed E-state index contributed by atoms with van der Waals surface area (Å²) in [6.45, 7) is 11.3. The fourth-order valence-electron chi connectivity index (χ4n) is 1.60. The van der Waals surface area contributed by atoms with Crippen molar-refractivity contribution in [3.05, 3.63) is 0 Å². The Kier molecular flexibility index (Phi) is 8.00. The predicted octanol–water partition coefficient (Wildman–Crippen LogP) is 3.02. The van der Waals surface area contributed by atoms with E-state index in [2.05, 4.69) is 12.2 Å². The molecule has 0 aliphatic carbocycles. The van der Waals surface area contributed by atoms with E-state index in [0.29, 0.717) is 12.6 Å². The summed E-state index contributed by atoms with van der Waals surface area (Å²) in [5.74, 6) is 0. The van der Waals surface area contributed by atoms with Crippen molar-refractivity contribution >= 4 is 6.09 Å². The summed E-state index contributed by atoms with van der Waals surface area (Å²) >= 11 is 0. The maximum atomic E-state index is 11.9. The first-order valence-electron chi connectivity index (χ1n) is 6.95. The van der Waals surface area contributed by atoms with Gasteiger partial charge in [0.1, 0.15) is 5.60 Å². The van der Waals surface area contributed by atoms with Crippen LogP contribution in [0, 0.1) is 0 Å². The van der Waals surface area contributed by atoms with Crippen molar-refractivity contribution in [3.63, 3.8) is 0 Å². The molecule has 1 amide bonds. The first kappa shape index (κ1) is 17.2. The van der Waals surface area contributed by atoms with Gasteiger partial charge in [0.15, 0.2) is 0 Å². The second kappa shape index (κ2) is 8.35. The lowest BCUT2D eigenvalue weighted by atomic mass is 10.1. The Hall–Kier alpha value is -0.770. The highest BCUT2D eigenvalue weighted by Crippen LogP contribution is 2.11. The van der Waals surface area contributed by atoms with Crippen molar-refractivity contribution in [2.75, 3.05) is 20.1 Å². The number of hydrogen-bond donors (Lipinski definition) is 1. The van der Waals surface area contributed by atoms with Gasteiger partial charge >= 0.3 is 6.09 Å². The zero-order valence-corrected chi connectivity index (χ0v) is 12.9. The number of ether oxygens (including phenoxy) is 1. The minimum absolute atomic E-state index is 0.202. The number of unbranched alkanes of at least 4 members (excludes halogenated alkanes) is 1.